The third-order valence-electron chi connectivity index (χ3n) is 2.63. The maximum absolute atomic E-state index is 11.4. The SMILES string of the molecule is C[S+]([O-])c1ccc(Br)c(OC2CCCCO2)c1. The highest BCUT2D eigenvalue weighted by molar-refractivity contribution is 9.10. The van der Waals surface area contributed by atoms with E-state index in [0.717, 1.165) is 35.2 Å². The van der Waals surface area contributed by atoms with Crippen LogP contribution >= 0.6 is 15.9 Å². The van der Waals surface area contributed by atoms with E-state index in [1.54, 1.807) is 12.3 Å². The summed E-state index contributed by atoms with van der Waals surface area (Å²) in [6.07, 6.45) is 4.61. The summed E-state index contributed by atoms with van der Waals surface area (Å²) in [5, 5.41) is 0. The molecule has 3 nitrogen and oxygen atoms in total. The molecule has 0 bridgehead atoms. The molecule has 0 spiro atoms. The van der Waals surface area contributed by atoms with E-state index in [1.807, 2.05) is 12.1 Å². The number of hydrogen-bond donors (Lipinski definition) is 0. The Morgan fingerprint density at radius 1 is 1.47 bits per heavy atom. The number of benzene rings is 1. The Kier molecular flexibility index (Phi) is 4.73. The first kappa shape index (κ1) is 13.2. The van der Waals surface area contributed by atoms with Crippen LogP contribution in [0.5, 0.6) is 5.75 Å². The zero-order valence-corrected chi connectivity index (χ0v) is 12.1. The van der Waals surface area contributed by atoms with Crippen LogP contribution in [-0.2, 0) is 15.9 Å². The lowest BCUT2D eigenvalue weighted by atomic mass is 10.2. The van der Waals surface area contributed by atoms with Gasteiger partial charge in [-0.3, -0.25) is 0 Å². The number of halogens is 1. The van der Waals surface area contributed by atoms with E-state index in [1.165, 1.54) is 0 Å². The van der Waals surface area contributed by atoms with Crippen molar-refractivity contribution in [1.29, 1.82) is 0 Å². The molecule has 0 radical (unpaired) electrons. The smallest absolute Gasteiger partial charge is 0.199 e. The van der Waals surface area contributed by atoms with Crippen molar-refractivity contribution in [2.24, 2.45) is 0 Å². The molecule has 1 aromatic carbocycles. The van der Waals surface area contributed by atoms with Crippen LogP contribution in [0.15, 0.2) is 27.6 Å². The molecule has 1 fully saturated rings. The van der Waals surface area contributed by atoms with Crippen LogP contribution in [0.1, 0.15) is 19.3 Å². The van der Waals surface area contributed by atoms with Crippen LogP contribution in [0.2, 0.25) is 0 Å². The zero-order chi connectivity index (χ0) is 12.3. The van der Waals surface area contributed by atoms with Crippen molar-refractivity contribution in [3.05, 3.63) is 22.7 Å². The maximum atomic E-state index is 11.4. The van der Waals surface area contributed by atoms with E-state index >= 15 is 0 Å². The zero-order valence-electron chi connectivity index (χ0n) is 9.65. The van der Waals surface area contributed by atoms with Gasteiger partial charge in [-0.25, -0.2) is 0 Å². The fraction of sp³-hybridized carbons (Fsp3) is 0.500. The summed E-state index contributed by atoms with van der Waals surface area (Å²) >= 11 is 2.43. The molecule has 0 saturated carbocycles. The number of rotatable bonds is 3. The normalized spacial score (nSPS) is 22.2. The largest absolute Gasteiger partial charge is 0.612 e. The highest BCUT2D eigenvalue weighted by Crippen LogP contribution is 2.30. The fourth-order valence-electron chi connectivity index (χ4n) is 1.70. The molecule has 5 heteroatoms. The molecular formula is C12H15BrO3S. The second-order valence-electron chi connectivity index (χ2n) is 3.96. The molecule has 1 saturated heterocycles. The first-order valence-electron chi connectivity index (χ1n) is 5.58. The predicted molar refractivity (Wildman–Crippen MR) is 70.7 cm³/mol. The van der Waals surface area contributed by atoms with Crippen molar-refractivity contribution in [2.75, 3.05) is 12.9 Å². The Bertz CT molecular complexity index is 378. The van der Waals surface area contributed by atoms with Gasteiger partial charge in [-0.05, 0) is 52.1 Å². The summed E-state index contributed by atoms with van der Waals surface area (Å²) in [4.78, 5) is 0.763. The van der Waals surface area contributed by atoms with Crippen molar-refractivity contribution in [3.8, 4) is 5.75 Å². The van der Waals surface area contributed by atoms with Gasteiger partial charge in [0.25, 0.3) is 0 Å². The predicted octanol–water partition coefficient (Wildman–Crippen LogP) is 3.09. The van der Waals surface area contributed by atoms with Crippen LogP contribution in [0.25, 0.3) is 0 Å². The third-order valence-corrected chi connectivity index (χ3v) is 4.20. The van der Waals surface area contributed by atoms with Gasteiger partial charge in [0.1, 0.15) is 12.0 Å². The highest BCUT2D eigenvalue weighted by Gasteiger charge is 2.18. The molecule has 1 heterocycles. The van der Waals surface area contributed by atoms with Crippen LogP contribution in [-0.4, -0.2) is 23.7 Å². The average molecular weight is 319 g/mol. The van der Waals surface area contributed by atoms with Crippen molar-refractivity contribution in [3.63, 3.8) is 0 Å². The molecular weight excluding hydrogens is 304 g/mol. The molecule has 0 aliphatic carbocycles. The lowest BCUT2D eigenvalue weighted by molar-refractivity contribution is -0.106. The van der Waals surface area contributed by atoms with Gasteiger partial charge in [0.05, 0.1) is 11.1 Å². The topological polar surface area (TPSA) is 41.5 Å². The van der Waals surface area contributed by atoms with E-state index in [4.69, 9.17) is 9.47 Å². The monoisotopic (exact) mass is 318 g/mol. The molecule has 17 heavy (non-hydrogen) atoms. The van der Waals surface area contributed by atoms with E-state index in [-0.39, 0.29) is 6.29 Å². The Hall–Kier alpha value is -0.230. The standard InChI is InChI=1S/C12H15BrO3S/c1-17(14)9-5-6-10(13)11(8-9)16-12-4-2-3-7-15-12/h5-6,8,12H,2-4,7H2,1H3. The van der Waals surface area contributed by atoms with Gasteiger partial charge in [-0.2, -0.15) is 0 Å². The second kappa shape index (κ2) is 6.09. The molecule has 94 valence electrons. The van der Waals surface area contributed by atoms with E-state index < -0.39 is 11.2 Å². The molecule has 2 atom stereocenters. The lowest BCUT2D eigenvalue weighted by Gasteiger charge is -2.24. The molecule has 0 amide bonds. The minimum atomic E-state index is -0.996. The summed E-state index contributed by atoms with van der Waals surface area (Å²) in [6.45, 7) is 0.752. The van der Waals surface area contributed by atoms with E-state index in [0.29, 0.717) is 5.75 Å². The molecule has 2 rings (SSSR count). The van der Waals surface area contributed by atoms with E-state index in [2.05, 4.69) is 15.9 Å². The van der Waals surface area contributed by atoms with Crippen LogP contribution in [0, 0.1) is 0 Å². The van der Waals surface area contributed by atoms with Crippen molar-refractivity contribution in [1.82, 2.24) is 0 Å². The minimum absolute atomic E-state index is 0.180. The fourth-order valence-corrected chi connectivity index (χ4v) is 2.57. The van der Waals surface area contributed by atoms with Crippen molar-refractivity contribution in [2.45, 2.75) is 30.4 Å². The van der Waals surface area contributed by atoms with Crippen LogP contribution in [0.4, 0.5) is 0 Å². The van der Waals surface area contributed by atoms with E-state index in [9.17, 15) is 4.55 Å². The first-order chi connectivity index (χ1) is 8.16. The molecule has 1 aromatic rings. The minimum Gasteiger partial charge on any atom is -0.612 e. The summed E-state index contributed by atoms with van der Waals surface area (Å²) in [5.74, 6) is 0.699. The van der Waals surface area contributed by atoms with Crippen molar-refractivity contribution < 1.29 is 14.0 Å². The average Bonchev–Trinajstić information content (AvgIpc) is 2.33. The van der Waals surface area contributed by atoms with Gasteiger partial charge in [0.2, 0.25) is 0 Å². The summed E-state index contributed by atoms with van der Waals surface area (Å²) in [5.41, 5.74) is 0. The Morgan fingerprint density at radius 3 is 2.94 bits per heavy atom. The van der Waals surface area contributed by atoms with Gasteiger partial charge in [0.15, 0.2) is 11.2 Å². The van der Waals surface area contributed by atoms with Crippen LogP contribution < -0.4 is 4.74 Å². The second-order valence-corrected chi connectivity index (χ2v) is 6.19. The molecule has 1 aliphatic heterocycles. The quantitative estimate of drug-likeness (QED) is 0.804. The van der Waals surface area contributed by atoms with Crippen molar-refractivity contribution >= 4 is 27.1 Å². The highest BCUT2D eigenvalue weighted by atomic mass is 79.9. The van der Waals surface area contributed by atoms with Crippen LogP contribution in [0.3, 0.4) is 0 Å². The third kappa shape index (κ3) is 3.61. The summed E-state index contributed by atoms with van der Waals surface area (Å²) < 4.78 is 23.6. The van der Waals surface area contributed by atoms with Gasteiger partial charge >= 0.3 is 0 Å². The lowest BCUT2D eigenvalue weighted by Crippen LogP contribution is -2.25. The number of ether oxygens (including phenoxy) is 2. The Balaban J connectivity index is 2.10. The molecule has 1 aliphatic rings. The molecule has 0 aromatic heterocycles. The molecule has 2 unspecified atom stereocenters. The maximum Gasteiger partial charge on any atom is 0.199 e. The molecule has 0 N–H and O–H groups in total. The first-order valence-corrected chi connectivity index (χ1v) is 7.93. The van der Waals surface area contributed by atoms with Gasteiger partial charge in [-0.15, -0.1) is 0 Å². The summed E-state index contributed by atoms with van der Waals surface area (Å²) in [7, 11) is 0. The van der Waals surface area contributed by atoms with Gasteiger partial charge in [-0.1, -0.05) is 0 Å². The van der Waals surface area contributed by atoms with Gasteiger partial charge < -0.3 is 14.0 Å². The Morgan fingerprint density at radius 2 is 2.29 bits per heavy atom. The summed E-state index contributed by atoms with van der Waals surface area (Å²) in [6, 6.07) is 5.49. The number of hydrogen-bond acceptors (Lipinski definition) is 3. The Labute approximate surface area is 113 Å². The van der Waals surface area contributed by atoms with Gasteiger partial charge in [0, 0.05) is 12.5 Å².